The Balaban J connectivity index is 2.64. The minimum Gasteiger partial charge on any atom is -0.316 e. The number of sulfonamides is 1. The average Bonchev–Trinajstić information content (AvgIpc) is 2.35. The van der Waals surface area contributed by atoms with Crippen LogP contribution in [0.2, 0.25) is 0 Å². The number of nitrogens with one attached hydrogen (secondary N) is 2. The van der Waals surface area contributed by atoms with Gasteiger partial charge in [-0.05, 0) is 38.1 Å². The fraction of sp³-hybridized carbons (Fsp3) is 1.00. The molecule has 0 bridgehead atoms. The third-order valence-corrected chi connectivity index (χ3v) is 6.06. The quantitative estimate of drug-likeness (QED) is 0.755. The zero-order valence-corrected chi connectivity index (χ0v) is 13.6. The summed E-state index contributed by atoms with van der Waals surface area (Å²) in [4.78, 5) is 0. The normalized spacial score (nSPS) is 26.6. The summed E-state index contributed by atoms with van der Waals surface area (Å²) in [6, 6.07) is 0.128. The fourth-order valence-corrected chi connectivity index (χ4v) is 4.17. The number of rotatable bonds is 7. The molecule has 5 heteroatoms. The van der Waals surface area contributed by atoms with Gasteiger partial charge >= 0.3 is 0 Å². The molecule has 1 aliphatic carbocycles. The van der Waals surface area contributed by atoms with Crippen LogP contribution in [-0.2, 0) is 10.0 Å². The lowest BCUT2D eigenvalue weighted by atomic mass is 9.78. The molecule has 1 saturated carbocycles. The van der Waals surface area contributed by atoms with Crippen LogP contribution in [0, 0.1) is 11.8 Å². The summed E-state index contributed by atoms with van der Waals surface area (Å²) in [7, 11) is -3.21. The maximum absolute atomic E-state index is 12.3. The van der Waals surface area contributed by atoms with Crippen LogP contribution >= 0.6 is 0 Å². The summed E-state index contributed by atoms with van der Waals surface area (Å²) in [5, 5.41) is 2.73. The van der Waals surface area contributed by atoms with Crippen molar-refractivity contribution in [2.24, 2.45) is 11.8 Å². The number of hydrogen-bond acceptors (Lipinski definition) is 3. The molecule has 19 heavy (non-hydrogen) atoms. The monoisotopic (exact) mass is 290 g/mol. The second-order valence-corrected chi connectivity index (χ2v) is 8.21. The second kappa shape index (κ2) is 7.60. The lowest BCUT2D eigenvalue weighted by Gasteiger charge is -2.35. The Morgan fingerprint density at radius 2 is 1.79 bits per heavy atom. The van der Waals surface area contributed by atoms with E-state index in [9.17, 15) is 8.42 Å². The Hall–Kier alpha value is -0.130. The zero-order valence-electron chi connectivity index (χ0n) is 12.8. The molecule has 0 heterocycles. The van der Waals surface area contributed by atoms with E-state index < -0.39 is 10.0 Å². The van der Waals surface area contributed by atoms with Crippen molar-refractivity contribution >= 4 is 10.0 Å². The van der Waals surface area contributed by atoms with E-state index in [1.807, 2.05) is 6.92 Å². The highest BCUT2D eigenvalue weighted by Gasteiger charge is 2.32. The molecule has 2 N–H and O–H groups in total. The van der Waals surface area contributed by atoms with Crippen LogP contribution in [0.3, 0.4) is 0 Å². The topological polar surface area (TPSA) is 58.2 Å². The molecule has 0 aromatic rings. The van der Waals surface area contributed by atoms with Gasteiger partial charge in [-0.1, -0.05) is 33.6 Å². The molecule has 1 rings (SSSR count). The minimum atomic E-state index is -3.21. The summed E-state index contributed by atoms with van der Waals surface area (Å²) < 4.78 is 27.6. The van der Waals surface area contributed by atoms with Crippen LogP contribution in [0.25, 0.3) is 0 Å². The molecule has 3 atom stereocenters. The number of hydrogen-bond donors (Lipinski definition) is 2. The van der Waals surface area contributed by atoms with Gasteiger partial charge in [0, 0.05) is 12.6 Å². The van der Waals surface area contributed by atoms with E-state index >= 15 is 0 Å². The Morgan fingerprint density at radius 3 is 2.37 bits per heavy atom. The highest BCUT2D eigenvalue weighted by atomic mass is 32.2. The Kier molecular flexibility index (Phi) is 6.77. The van der Waals surface area contributed by atoms with Crippen LogP contribution in [0.4, 0.5) is 0 Å². The van der Waals surface area contributed by atoms with E-state index in [1.54, 1.807) is 6.92 Å². The maximum atomic E-state index is 12.3. The first-order valence-electron chi connectivity index (χ1n) is 7.60. The van der Waals surface area contributed by atoms with Crippen molar-refractivity contribution < 1.29 is 8.42 Å². The molecule has 1 aliphatic rings. The maximum Gasteiger partial charge on any atom is 0.215 e. The molecule has 0 aliphatic heterocycles. The second-order valence-electron chi connectivity index (χ2n) is 6.08. The van der Waals surface area contributed by atoms with Gasteiger partial charge < -0.3 is 5.32 Å². The largest absolute Gasteiger partial charge is 0.316 e. The van der Waals surface area contributed by atoms with E-state index in [0.29, 0.717) is 18.4 Å². The lowest BCUT2D eigenvalue weighted by molar-refractivity contribution is 0.226. The Morgan fingerprint density at radius 1 is 1.16 bits per heavy atom. The molecule has 0 amide bonds. The predicted octanol–water partition coefficient (Wildman–Crippen LogP) is 2.12. The fourth-order valence-electron chi connectivity index (χ4n) is 2.89. The molecule has 4 nitrogen and oxygen atoms in total. The Bertz CT molecular complexity index is 354. The van der Waals surface area contributed by atoms with Crippen molar-refractivity contribution in [3.63, 3.8) is 0 Å². The van der Waals surface area contributed by atoms with E-state index in [-0.39, 0.29) is 11.3 Å². The van der Waals surface area contributed by atoms with Crippen molar-refractivity contribution in [2.45, 2.75) is 64.7 Å². The lowest BCUT2D eigenvalue weighted by Crippen LogP contribution is -2.48. The first-order chi connectivity index (χ1) is 8.88. The van der Waals surface area contributed by atoms with Gasteiger partial charge in [0.2, 0.25) is 10.0 Å². The van der Waals surface area contributed by atoms with Gasteiger partial charge in [-0.3, -0.25) is 0 Å². The van der Waals surface area contributed by atoms with Gasteiger partial charge in [-0.15, -0.1) is 0 Å². The molecule has 0 spiro atoms. The van der Waals surface area contributed by atoms with Crippen molar-refractivity contribution in [3.05, 3.63) is 0 Å². The van der Waals surface area contributed by atoms with Crippen LogP contribution in [0.5, 0.6) is 0 Å². The van der Waals surface area contributed by atoms with Gasteiger partial charge in [0.1, 0.15) is 0 Å². The summed E-state index contributed by atoms with van der Waals surface area (Å²) in [6.07, 6.45) is 4.49. The van der Waals surface area contributed by atoms with Gasteiger partial charge in [0.25, 0.3) is 0 Å². The average molecular weight is 290 g/mol. The third kappa shape index (κ3) is 5.04. The first kappa shape index (κ1) is 16.9. The molecule has 0 aromatic carbocycles. The molecule has 0 radical (unpaired) electrons. The van der Waals surface area contributed by atoms with Crippen LogP contribution in [0.15, 0.2) is 0 Å². The van der Waals surface area contributed by atoms with Crippen LogP contribution in [0.1, 0.15) is 53.4 Å². The van der Waals surface area contributed by atoms with E-state index in [2.05, 4.69) is 23.9 Å². The third-order valence-electron chi connectivity index (χ3n) is 4.20. The van der Waals surface area contributed by atoms with E-state index in [1.165, 1.54) is 6.42 Å². The highest BCUT2D eigenvalue weighted by Crippen LogP contribution is 2.30. The van der Waals surface area contributed by atoms with Crippen molar-refractivity contribution in [1.29, 1.82) is 0 Å². The summed E-state index contributed by atoms with van der Waals surface area (Å²) >= 11 is 0. The first-order valence-corrected chi connectivity index (χ1v) is 9.15. The van der Waals surface area contributed by atoms with E-state index in [4.69, 9.17) is 0 Å². The summed E-state index contributed by atoms with van der Waals surface area (Å²) in [6.45, 7) is 9.47. The van der Waals surface area contributed by atoms with Crippen LogP contribution < -0.4 is 10.0 Å². The van der Waals surface area contributed by atoms with Gasteiger partial charge in [-0.2, -0.15) is 0 Å². The van der Waals surface area contributed by atoms with Gasteiger partial charge in [0.15, 0.2) is 0 Å². The molecule has 114 valence electrons. The molecule has 1 fully saturated rings. The van der Waals surface area contributed by atoms with Crippen LogP contribution in [-0.4, -0.2) is 32.8 Å². The molecule has 0 aromatic heterocycles. The SMILES string of the molecule is CCNCC(C)S(=O)(=O)NC1CCCCC1C(C)C. The molecule has 3 unspecified atom stereocenters. The molecular weight excluding hydrogens is 260 g/mol. The van der Waals surface area contributed by atoms with Crippen molar-refractivity contribution in [3.8, 4) is 0 Å². The highest BCUT2D eigenvalue weighted by molar-refractivity contribution is 7.90. The van der Waals surface area contributed by atoms with Gasteiger partial charge in [-0.25, -0.2) is 13.1 Å². The standard InChI is InChI=1S/C14H30N2O2S/c1-5-15-10-12(4)19(17,18)16-14-9-7-6-8-13(14)11(2)3/h11-16H,5-10H2,1-4H3. The zero-order chi connectivity index (χ0) is 14.5. The predicted molar refractivity (Wildman–Crippen MR) is 80.6 cm³/mol. The smallest absolute Gasteiger partial charge is 0.215 e. The molecular formula is C14H30N2O2S. The minimum absolute atomic E-state index is 0.128. The van der Waals surface area contributed by atoms with Gasteiger partial charge in [0.05, 0.1) is 5.25 Å². The molecule has 0 saturated heterocycles. The van der Waals surface area contributed by atoms with Crippen molar-refractivity contribution in [2.75, 3.05) is 13.1 Å². The van der Waals surface area contributed by atoms with Crippen molar-refractivity contribution in [1.82, 2.24) is 10.0 Å². The summed E-state index contributed by atoms with van der Waals surface area (Å²) in [5.41, 5.74) is 0. The van der Waals surface area contributed by atoms with E-state index in [0.717, 1.165) is 25.8 Å². The Labute approximate surface area is 118 Å². The summed E-state index contributed by atoms with van der Waals surface area (Å²) in [5.74, 6) is 1.02.